The topological polar surface area (TPSA) is 285 Å². The van der Waals surface area contributed by atoms with Gasteiger partial charge >= 0.3 is 0 Å². The summed E-state index contributed by atoms with van der Waals surface area (Å²) < 4.78 is 3.54. The Morgan fingerprint density at radius 2 is 0.477 bits per heavy atom. The molecule has 0 aromatic heterocycles. The Balaban J connectivity index is 0.000000755. The van der Waals surface area contributed by atoms with E-state index in [1.54, 1.807) is 0 Å². The Bertz CT molecular complexity index is 5570. The van der Waals surface area contributed by atoms with Gasteiger partial charge in [-0.05, 0) is 148 Å². The molecule has 8 aromatic rings. The van der Waals surface area contributed by atoms with Crippen LogP contribution in [0.4, 0.5) is 85.3 Å². The molecular weight excluding hydrogens is 1810 g/mol. The Morgan fingerprint density at radius 1 is 0.242 bits per heavy atom. The lowest BCUT2D eigenvalue weighted by atomic mass is 9.88. The van der Waals surface area contributed by atoms with Gasteiger partial charge in [0.05, 0.1) is 50.0 Å². The second-order valence-corrected chi connectivity index (χ2v) is 48.4. The second-order valence-electron chi connectivity index (χ2n) is 45.1. The molecule has 0 saturated carbocycles. The molecule has 744 valence electrons. The number of rotatable bonds is 34. The number of nitrogens with one attached hydrogen (secondary N) is 1. The lowest BCUT2D eigenvalue weighted by Gasteiger charge is -2.32. The van der Waals surface area contributed by atoms with Gasteiger partial charge in [0.15, 0.2) is 0 Å². The summed E-state index contributed by atoms with van der Waals surface area (Å²) >= 11 is 40.5. The van der Waals surface area contributed by atoms with Gasteiger partial charge in [-0.1, -0.05) is 264 Å². The van der Waals surface area contributed by atoms with Gasteiger partial charge in [0.25, 0.3) is 0 Å². The maximum absolute atomic E-state index is 12.0. The number of nitrogens with two attached hydrogens (primary N) is 4. The lowest BCUT2D eigenvalue weighted by molar-refractivity contribution is 0.365. The van der Waals surface area contributed by atoms with Crippen molar-refractivity contribution in [2.45, 2.75) is 271 Å². The first-order valence-electron chi connectivity index (χ1n) is 46.4. The van der Waals surface area contributed by atoms with Crippen LogP contribution in [0.1, 0.15) is 270 Å². The van der Waals surface area contributed by atoms with Gasteiger partial charge < -0.3 is 77.3 Å². The number of hydrogen-bond donors (Lipinski definition) is 5. The third kappa shape index (κ3) is 37.5. The van der Waals surface area contributed by atoms with E-state index >= 15 is 0 Å². The van der Waals surface area contributed by atoms with Crippen LogP contribution in [0.15, 0.2) is 38.4 Å². The maximum Gasteiger partial charge on any atom is 0.224 e. The van der Waals surface area contributed by atoms with Crippen molar-refractivity contribution in [3.05, 3.63) is 123 Å². The number of hydrogen-bond acceptors (Lipinski definition) is 31. The quantitative estimate of drug-likeness (QED) is 0.0234. The molecular formula is C101H169N15O8S8. The van der Waals surface area contributed by atoms with Crippen LogP contribution >= 0.6 is 97.7 Å². The fraction of sp³-hybridized carbons (Fsp3) is 0.683. The predicted octanol–water partition coefficient (Wildman–Crippen LogP) is 21.6. The van der Waals surface area contributed by atoms with Crippen molar-refractivity contribution in [1.29, 1.82) is 0 Å². The summed E-state index contributed by atoms with van der Waals surface area (Å²) in [6, 6.07) is 0. The predicted molar refractivity (Wildman–Crippen MR) is 599 cm³/mol. The molecule has 31 heteroatoms. The second kappa shape index (κ2) is 51.4. The summed E-state index contributed by atoms with van der Waals surface area (Å²) in [7, 11) is 19.5. The molecule has 0 radical (unpaired) electrons. The largest absolute Gasteiger partial charge is 0.395 e. The van der Waals surface area contributed by atoms with E-state index < -0.39 is 0 Å². The Morgan fingerprint density at radius 3 is 0.742 bits per heavy atom. The maximum atomic E-state index is 12.0. The average molecular weight is 1980 g/mol. The van der Waals surface area contributed by atoms with Crippen molar-refractivity contribution in [3.63, 3.8) is 0 Å². The monoisotopic (exact) mass is 1980 g/mol. The third-order valence-electron chi connectivity index (χ3n) is 22.9. The molecule has 8 rings (SSSR count). The summed E-state index contributed by atoms with van der Waals surface area (Å²) in [5, 5.41) is 3.09. The fourth-order valence-corrected chi connectivity index (χ4v) is 16.7. The van der Waals surface area contributed by atoms with Crippen molar-refractivity contribution < 1.29 is 0 Å². The van der Waals surface area contributed by atoms with Crippen molar-refractivity contribution in [1.82, 2.24) is 0 Å². The van der Waals surface area contributed by atoms with Gasteiger partial charge in [0.1, 0.15) is 71.4 Å². The van der Waals surface area contributed by atoms with Crippen LogP contribution < -0.4 is 121 Å². The van der Waals surface area contributed by atoms with Crippen LogP contribution in [-0.4, -0.2) is 142 Å². The van der Waals surface area contributed by atoms with Gasteiger partial charge in [-0.3, -0.25) is 38.4 Å². The highest BCUT2D eigenvalue weighted by Crippen LogP contribution is 2.37. The first kappa shape index (κ1) is 123. The van der Waals surface area contributed by atoms with E-state index in [4.69, 9.17) is 121 Å². The van der Waals surface area contributed by atoms with Gasteiger partial charge in [0.2, 0.25) is 43.4 Å². The molecule has 0 aliphatic carbocycles. The normalized spacial score (nSPS) is 12.0. The summed E-state index contributed by atoms with van der Waals surface area (Å²) in [5.41, 5.74) is 35.5. The molecule has 132 heavy (non-hydrogen) atoms. The van der Waals surface area contributed by atoms with Crippen LogP contribution in [0.5, 0.6) is 0 Å². The van der Waals surface area contributed by atoms with Crippen LogP contribution in [0.25, 0.3) is 0 Å². The first-order chi connectivity index (χ1) is 59.9. The molecule has 23 nitrogen and oxygen atoms in total. The molecule has 0 heterocycles. The smallest absolute Gasteiger partial charge is 0.224 e. The van der Waals surface area contributed by atoms with E-state index in [-0.39, 0.29) is 48.8 Å². The standard InChI is InChI=1S/C15H26N2OS.C14H24N2OS.2C13H22N2OS.2C12H20N2OS.C11H18N2OS.C11H17NOS/c1-7-17(8-2)11-12(14(19)13(11)18)16(6)10-9-15(3,4)5;1-7-15(5)10-11(13(18)12(10)17)16(6)9-8-14(2,3)4;1-13(2,3)7-8-15(6)10-9(14(4)5)11(16)12(10)17;1-6-14-9-10(12(17)11(9)16)15(5)8-7-13(2,3)4;2*1-12(2,3)6-5-7-14(4)9-8(13)10(15)11(9)16;1-11(2,3)5-6-13(4)8-7(12)9(14)10(8)15;1-11(2,3)6-4-5-7-8(12)9(13)10(7)14/h7-10H2,1-6H3;7-9H2,1-6H3;7-8H2,1-6H3;14H,6-8H2,1-5H3;2*5-7,13H2,1-4H3;5-6,12H2,1-4H3;4-6,12H2,1-3H3. The first-order valence-corrected chi connectivity index (χ1v) is 49.7. The minimum absolute atomic E-state index is 0.00242. The number of nitrogen functional groups attached to an aromatic ring is 4. The van der Waals surface area contributed by atoms with Gasteiger partial charge in [0, 0.05) is 148 Å². The molecule has 0 fully saturated rings. The van der Waals surface area contributed by atoms with Crippen LogP contribution in [-0.2, 0) is 6.42 Å². The minimum Gasteiger partial charge on any atom is -0.395 e. The Labute approximate surface area is 834 Å². The van der Waals surface area contributed by atoms with E-state index in [1.807, 2.05) is 109 Å². The summed E-state index contributed by atoms with van der Waals surface area (Å²) in [6.45, 7) is 70.9. The molecule has 9 N–H and O–H groups in total. The minimum atomic E-state index is -0.178. The average Bonchev–Trinajstić information content (AvgIpc) is 0.763. The zero-order valence-electron chi connectivity index (χ0n) is 88.1. The van der Waals surface area contributed by atoms with Crippen molar-refractivity contribution in [2.24, 2.45) is 43.3 Å². The summed E-state index contributed by atoms with van der Waals surface area (Å²) in [5.74, 6) is 0. The molecule has 0 aliphatic rings. The van der Waals surface area contributed by atoms with E-state index in [2.05, 4.69) is 210 Å². The van der Waals surface area contributed by atoms with E-state index in [0.717, 1.165) is 211 Å². The fourth-order valence-electron chi connectivity index (χ4n) is 13.8. The highest BCUT2D eigenvalue weighted by Gasteiger charge is 2.31. The molecule has 0 aliphatic heterocycles. The van der Waals surface area contributed by atoms with Crippen LogP contribution in [0.3, 0.4) is 0 Å². The van der Waals surface area contributed by atoms with Crippen LogP contribution in [0, 0.1) is 79.4 Å². The van der Waals surface area contributed by atoms with Crippen LogP contribution in [0.2, 0.25) is 0 Å². The molecule has 0 unspecified atom stereocenters. The van der Waals surface area contributed by atoms with Gasteiger partial charge in [-0.25, -0.2) is 0 Å². The highest BCUT2D eigenvalue weighted by molar-refractivity contribution is 7.73. The SMILES string of the molecule is CC(C)(C)CCCc1c(N)c(=O)c1=S.CCN(C)c1c(N(C)CCC(C)(C)C)c(=S)c1=O.CCN(CC)c1c(N(C)CCC(C)(C)C)c(=S)c1=O.CCNc1c(N(C)CCC(C)(C)C)c(=S)c1=O.CN(C)c1c(N(C)CCC(C)(C)C)c(=S)c1=O.CN(CCC(C)(C)C)c1c(N)c(=O)c1=S.CN(CCCC(C)(C)C)c1c(N)c(=O)c1=S.CN(CCCC(C)(C)C)c1c(N)c(=O)c1=S. The number of nitrogens with zero attached hydrogens (tertiary/aromatic N) is 10. The molecule has 8 aromatic carbocycles. The van der Waals surface area contributed by atoms with Crippen molar-refractivity contribution in [3.8, 4) is 0 Å². The van der Waals surface area contributed by atoms with E-state index in [0.29, 0.717) is 102 Å². The molecule has 0 atom stereocenters. The highest BCUT2D eigenvalue weighted by atomic mass is 32.1. The Kier molecular flexibility index (Phi) is 47.9. The van der Waals surface area contributed by atoms with E-state index in [9.17, 15) is 38.4 Å². The van der Waals surface area contributed by atoms with E-state index in [1.165, 1.54) is 0 Å². The van der Waals surface area contributed by atoms with Gasteiger partial charge in [-0.15, -0.1) is 0 Å². The molecule has 0 amide bonds. The van der Waals surface area contributed by atoms with Crippen molar-refractivity contribution >= 4 is 183 Å². The molecule has 0 saturated heterocycles. The number of anilines is 15. The zero-order valence-corrected chi connectivity index (χ0v) is 94.6. The molecule has 0 spiro atoms. The van der Waals surface area contributed by atoms with Crippen molar-refractivity contribution in [2.75, 3.05) is 220 Å². The van der Waals surface area contributed by atoms with Gasteiger partial charge in [-0.2, -0.15) is 0 Å². The summed E-state index contributed by atoms with van der Waals surface area (Å²) in [4.78, 5) is 112. The Hall–Kier alpha value is -7.00. The zero-order chi connectivity index (χ0) is 103. The third-order valence-corrected chi connectivity index (χ3v) is 26.0. The summed E-state index contributed by atoms with van der Waals surface area (Å²) in [6.07, 6.45) is 12.8. The lowest BCUT2D eigenvalue weighted by Crippen LogP contribution is -2.36. The molecule has 0 bridgehead atoms.